The number of hydrogen-bond acceptors (Lipinski definition) is 2. The number of H-pyrrole nitrogens is 1. The van der Waals surface area contributed by atoms with Gasteiger partial charge in [-0.3, -0.25) is 4.79 Å². The van der Waals surface area contributed by atoms with Crippen LogP contribution in [0.2, 0.25) is 0 Å². The van der Waals surface area contributed by atoms with E-state index in [0.29, 0.717) is 5.82 Å². The van der Waals surface area contributed by atoms with Crippen LogP contribution in [0.15, 0.2) is 78.9 Å². The molecule has 116 valence electrons. The molecule has 0 aliphatic rings. The van der Waals surface area contributed by atoms with Crippen molar-refractivity contribution in [1.29, 1.82) is 0 Å². The Labute approximate surface area is 139 Å². The second-order valence-corrected chi connectivity index (χ2v) is 5.47. The van der Waals surface area contributed by atoms with E-state index in [1.54, 1.807) is 0 Å². The van der Waals surface area contributed by atoms with Crippen molar-refractivity contribution in [3.8, 4) is 11.1 Å². The second-order valence-electron chi connectivity index (χ2n) is 5.47. The number of aromatic nitrogens is 2. The van der Waals surface area contributed by atoms with E-state index in [1.807, 2.05) is 78.9 Å². The van der Waals surface area contributed by atoms with E-state index in [-0.39, 0.29) is 5.91 Å². The maximum Gasteiger partial charge on any atom is 0.291 e. The maximum atomic E-state index is 12.6. The van der Waals surface area contributed by atoms with Crippen molar-refractivity contribution >= 4 is 22.6 Å². The number of para-hydroxylation sites is 3. The monoisotopic (exact) mass is 313 g/mol. The lowest BCUT2D eigenvalue weighted by Crippen LogP contribution is -2.14. The Bertz CT molecular complexity index is 973. The smallest absolute Gasteiger partial charge is 0.291 e. The number of benzene rings is 3. The van der Waals surface area contributed by atoms with Crippen LogP contribution in [0.1, 0.15) is 10.6 Å². The zero-order valence-electron chi connectivity index (χ0n) is 12.9. The molecule has 0 saturated carbocycles. The highest BCUT2D eigenvalue weighted by molar-refractivity contribution is 6.05. The SMILES string of the molecule is O=C(Nc1ccccc1-c1ccccc1)c1nc2ccccc2[nH]1. The van der Waals surface area contributed by atoms with Gasteiger partial charge in [-0.15, -0.1) is 0 Å². The van der Waals surface area contributed by atoms with E-state index in [4.69, 9.17) is 0 Å². The summed E-state index contributed by atoms with van der Waals surface area (Å²) in [5.74, 6) is 0.0497. The van der Waals surface area contributed by atoms with Crippen LogP contribution in [-0.2, 0) is 0 Å². The molecule has 0 bridgehead atoms. The number of aromatic amines is 1. The molecule has 4 aromatic rings. The van der Waals surface area contributed by atoms with Gasteiger partial charge in [-0.05, 0) is 23.8 Å². The molecule has 0 saturated heterocycles. The Hall–Kier alpha value is -3.40. The van der Waals surface area contributed by atoms with Crippen LogP contribution in [0.25, 0.3) is 22.2 Å². The van der Waals surface area contributed by atoms with Crippen molar-refractivity contribution in [2.45, 2.75) is 0 Å². The summed E-state index contributed by atoms with van der Waals surface area (Å²) >= 11 is 0. The number of anilines is 1. The Morgan fingerprint density at radius 2 is 1.54 bits per heavy atom. The average molecular weight is 313 g/mol. The molecule has 0 unspecified atom stereocenters. The van der Waals surface area contributed by atoms with Gasteiger partial charge >= 0.3 is 0 Å². The molecule has 0 aliphatic heterocycles. The number of hydrogen-bond donors (Lipinski definition) is 2. The number of amides is 1. The average Bonchev–Trinajstić information content (AvgIpc) is 3.07. The molecule has 4 rings (SSSR count). The summed E-state index contributed by atoms with van der Waals surface area (Å²) in [6, 6.07) is 25.3. The van der Waals surface area contributed by atoms with E-state index in [1.165, 1.54) is 0 Å². The summed E-state index contributed by atoms with van der Waals surface area (Å²) in [5.41, 5.74) is 4.41. The molecule has 4 heteroatoms. The molecule has 1 amide bonds. The van der Waals surface area contributed by atoms with Crippen LogP contribution >= 0.6 is 0 Å². The van der Waals surface area contributed by atoms with Gasteiger partial charge in [0, 0.05) is 11.3 Å². The highest BCUT2D eigenvalue weighted by Crippen LogP contribution is 2.27. The van der Waals surface area contributed by atoms with Crippen molar-refractivity contribution in [3.05, 3.63) is 84.7 Å². The topological polar surface area (TPSA) is 57.8 Å². The first-order chi connectivity index (χ1) is 11.8. The van der Waals surface area contributed by atoms with Gasteiger partial charge in [0.05, 0.1) is 11.0 Å². The van der Waals surface area contributed by atoms with Crippen molar-refractivity contribution < 1.29 is 4.79 Å². The molecular weight excluding hydrogens is 298 g/mol. The van der Waals surface area contributed by atoms with Gasteiger partial charge in [0.25, 0.3) is 5.91 Å². The summed E-state index contributed by atoms with van der Waals surface area (Å²) in [6.45, 7) is 0. The van der Waals surface area contributed by atoms with Gasteiger partial charge in [0.15, 0.2) is 5.82 Å². The van der Waals surface area contributed by atoms with Gasteiger partial charge in [0.2, 0.25) is 0 Å². The van der Waals surface area contributed by atoms with Gasteiger partial charge in [-0.25, -0.2) is 4.98 Å². The molecule has 2 N–H and O–H groups in total. The van der Waals surface area contributed by atoms with Crippen LogP contribution < -0.4 is 5.32 Å². The number of imidazole rings is 1. The first-order valence-corrected chi connectivity index (χ1v) is 7.72. The minimum atomic E-state index is -0.255. The molecule has 0 radical (unpaired) electrons. The molecule has 0 spiro atoms. The molecule has 3 aromatic carbocycles. The molecule has 24 heavy (non-hydrogen) atoms. The lowest BCUT2D eigenvalue weighted by atomic mass is 10.0. The quantitative estimate of drug-likeness (QED) is 0.586. The Balaban J connectivity index is 1.67. The van der Waals surface area contributed by atoms with Crippen molar-refractivity contribution in [2.75, 3.05) is 5.32 Å². The molecule has 0 aliphatic carbocycles. The van der Waals surface area contributed by atoms with E-state index >= 15 is 0 Å². The highest BCUT2D eigenvalue weighted by Gasteiger charge is 2.13. The molecule has 0 atom stereocenters. The Morgan fingerprint density at radius 3 is 2.38 bits per heavy atom. The van der Waals surface area contributed by atoms with Crippen LogP contribution in [0.3, 0.4) is 0 Å². The minimum Gasteiger partial charge on any atom is -0.334 e. The van der Waals surface area contributed by atoms with E-state index < -0.39 is 0 Å². The van der Waals surface area contributed by atoms with Gasteiger partial charge < -0.3 is 10.3 Å². The normalized spacial score (nSPS) is 10.7. The fraction of sp³-hybridized carbons (Fsp3) is 0. The molecular formula is C20H15N3O. The van der Waals surface area contributed by atoms with E-state index in [0.717, 1.165) is 27.8 Å². The summed E-state index contributed by atoms with van der Waals surface area (Å²) in [7, 11) is 0. The molecule has 1 aromatic heterocycles. The zero-order chi connectivity index (χ0) is 16.4. The predicted octanol–water partition coefficient (Wildman–Crippen LogP) is 4.48. The van der Waals surface area contributed by atoms with Gasteiger partial charge in [0.1, 0.15) is 0 Å². The third-order valence-electron chi connectivity index (χ3n) is 3.86. The van der Waals surface area contributed by atoms with Crippen molar-refractivity contribution in [1.82, 2.24) is 9.97 Å². The first kappa shape index (κ1) is 14.2. The van der Waals surface area contributed by atoms with E-state index in [2.05, 4.69) is 15.3 Å². The lowest BCUT2D eigenvalue weighted by Gasteiger charge is -2.10. The number of nitrogens with zero attached hydrogens (tertiary/aromatic N) is 1. The summed E-state index contributed by atoms with van der Waals surface area (Å²) in [5, 5.41) is 2.95. The van der Waals surface area contributed by atoms with Crippen LogP contribution in [0, 0.1) is 0 Å². The molecule has 4 nitrogen and oxygen atoms in total. The van der Waals surface area contributed by atoms with Crippen LogP contribution in [0.4, 0.5) is 5.69 Å². The second kappa shape index (κ2) is 6.01. The zero-order valence-corrected chi connectivity index (χ0v) is 12.9. The third-order valence-corrected chi connectivity index (χ3v) is 3.86. The standard InChI is InChI=1S/C20H15N3O/c24-20(19-21-17-12-6-7-13-18(17)22-19)23-16-11-5-4-10-15(16)14-8-2-1-3-9-14/h1-13H,(H,21,22)(H,23,24). The summed E-state index contributed by atoms with van der Waals surface area (Å²) in [4.78, 5) is 20.0. The van der Waals surface area contributed by atoms with Gasteiger partial charge in [-0.2, -0.15) is 0 Å². The largest absolute Gasteiger partial charge is 0.334 e. The fourth-order valence-electron chi connectivity index (χ4n) is 2.70. The first-order valence-electron chi connectivity index (χ1n) is 7.72. The summed E-state index contributed by atoms with van der Waals surface area (Å²) < 4.78 is 0. The summed E-state index contributed by atoms with van der Waals surface area (Å²) in [6.07, 6.45) is 0. The highest BCUT2D eigenvalue weighted by atomic mass is 16.2. The fourth-order valence-corrected chi connectivity index (χ4v) is 2.70. The third kappa shape index (κ3) is 2.65. The Kier molecular flexibility index (Phi) is 3.56. The lowest BCUT2D eigenvalue weighted by molar-refractivity contribution is 0.101. The number of carbonyl (C=O) groups is 1. The van der Waals surface area contributed by atoms with E-state index in [9.17, 15) is 4.79 Å². The number of carbonyl (C=O) groups excluding carboxylic acids is 1. The van der Waals surface area contributed by atoms with Crippen molar-refractivity contribution in [3.63, 3.8) is 0 Å². The molecule has 1 heterocycles. The van der Waals surface area contributed by atoms with Crippen molar-refractivity contribution in [2.24, 2.45) is 0 Å². The minimum absolute atomic E-state index is 0.255. The Morgan fingerprint density at radius 1 is 0.833 bits per heavy atom. The number of rotatable bonds is 3. The molecule has 0 fully saturated rings. The maximum absolute atomic E-state index is 12.6. The predicted molar refractivity (Wildman–Crippen MR) is 95.9 cm³/mol. The van der Waals surface area contributed by atoms with Crippen LogP contribution in [-0.4, -0.2) is 15.9 Å². The number of fused-ring (bicyclic) bond motifs is 1. The number of nitrogens with one attached hydrogen (secondary N) is 2. The van der Waals surface area contributed by atoms with Gasteiger partial charge in [-0.1, -0.05) is 60.7 Å². The van der Waals surface area contributed by atoms with Crippen LogP contribution in [0.5, 0.6) is 0 Å².